The van der Waals surface area contributed by atoms with Crippen molar-refractivity contribution >= 4 is 15.7 Å². The van der Waals surface area contributed by atoms with E-state index in [1.54, 1.807) is 46.1 Å². The lowest BCUT2D eigenvalue weighted by Gasteiger charge is -2.34. The molecule has 0 aromatic carbocycles. The highest BCUT2D eigenvalue weighted by Crippen LogP contribution is 2.28. The van der Waals surface area contributed by atoms with Crippen LogP contribution in [-0.4, -0.2) is 56.8 Å². The number of amides is 1. The number of aromatic nitrogens is 4. The van der Waals surface area contributed by atoms with E-state index in [0.29, 0.717) is 11.5 Å². The van der Waals surface area contributed by atoms with E-state index in [1.165, 1.54) is 0 Å². The van der Waals surface area contributed by atoms with Crippen molar-refractivity contribution in [1.29, 1.82) is 0 Å². The van der Waals surface area contributed by atoms with Crippen molar-refractivity contribution < 1.29 is 13.2 Å². The summed E-state index contributed by atoms with van der Waals surface area (Å²) in [7, 11) is -1.42. The molecule has 0 N–H and O–H groups in total. The second kappa shape index (κ2) is 6.62. The molecule has 1 aliphatic rings. The van der Waals surface area contributed by atoms with Gasteiger partial charge in [-0.2, -0.15) is 10.2 Å². The van der Waals surface area contributed by atoms with E-state index in [0.717, 1.165) is 12.1 Å². The molecule has 0 unspecified atom stereocenters. The van der Waals surface area contributed by atoms with E-state index in [1.807, 2.05) is 0 Å². The molecule has 3 heterocycles. The van der Waals surface area contributed by atoms with Gasteiger partial charge in [-0.3, -0.25) is 14.2 Å². The van der Waals surface area contributed by atoms with Gasteiger partial charge in [0.05, 0.1) is 35.5 Å². The Morgan fingerprint density at radius 2 is 2.04 bits per heavy atom. The minimum atomic E-state index is -3.18. The first-order valence-corrected chi connectivity index (χ1v) is 10.1. The first kappa shape index (κ1) is 17.7. The Bertz CT molecular complexity index is 868. The summed E-state index contributed by atoms with van der Waals surface area (Å²) in [6.45, 7) is 5.07. The summed E-state index contributed by atoms with van der Waals surface area (Å²) in [5, 5.41) is 8.35. The standard InChI is InChI=1S/C16H23N5O3S/c1-12(2)8-20-10-14(7-18-20)16(22)21-4-5-25(23,24)11-15(21)13-6-17-19(3)9-13/h6-7,9-10,12,15H,4-5,8,11H2,1-3H3/t15-/m1/s1. The lowest BCUT2D eigenvalue weighted by atomic mass is 10.1. The zero-order valence-corrected chi connectivity index (χ0v) is 15.5. The minimum absolute atomic E-state index is 0.0182. The number of nitrogens with zero attached hydrogens (tertiary/aromatic N) is 5. The van der Waals surface area contributed by atoms with Crippen LogP contribution in [0, 0.1) is 5.92 Å². The van der Waals surface area contributed by atoms with Crippen LogP contribution in [0.2, 0.25) is 0 Å². The minimum Gasteiger partial charge on any atom is -0.329 e. The number of sulfone groups is 1. The largest absolute Gasteiger partial charge is 0.329 e. The van der Waals surface area contributed by atoms with Crippen molar-refractivity contribution in [3.8, 4) is 0 Å². The topological polar surface area (TPSA) is 90.1 Å². The monoisotopic (exact) mass is 365 g/mol. The lowest BCUT2D eigenvalue weighted by molar-refractivity contribution is 0.0697. The molecule has 9 heteroatoms. The maximum atomic E-state index is 13.0. The highest BCUT2D eigenvalue weighted by Gasteiger charge is 2.36. The predicted octanol–water partition coefficient (Wildman–Crippen LogP) is 0.884. The van der Waals surface area contributed by atoms with Crippen LogP contribution in [-0.2, 0) is 23.4 Å². The van der Waals surface area contributed by atoms with Crippen LogP contribution >= 0.6 is 0 Å². The van der Waals surface area contributed by atoms with Crippen molar-refractivity contribution in [3.05, 3.63) is 35.9 Å². The van der Waals surface area contributed by atoms with E-state index in [2.05, 4.69) is 24.0 Å². The Morgan fingerprint density at radius 1 is 1.28 bits per heavy atom. The van der Waals surface area contributed by atoms with Gasteiger partial charge in [-0.05, 0) is 5.92 Å². The summed E-state index contributed by atoms with van der Waals surface area (Å²) < 4.78 is 27.5. The molecule has 1 saturated heterocycles. The molecule has 1 amide bonds. The average Bonchev–Trinajstić information content (AvgIpc) is 3.14. The fraction of sp³-hybridized carbons (Fsp3) is 0.562. The van der Waals surface area contributed by atoms with Crippen LogP contribution in [0.5, 0.6) is 0 Å². The molecular weight excluding hydrogens is 342 g/mol. The SMILES string of the molecule is CC(C)Cn1cc(C(=O)N2CCS(=O)(=O)C[C@@H]2c2cnn(C)c2)cn1. The summed E-state index contributed by atoms with van der Waals surface area (Å²) >= 11 is 0. The highest BCUT2D eigenvalue weighted by atomic mass is 32.2. The molecular formula is C16H23N5O3S. The number of carbonyl (C=O) groups excluding carboxylic acids is 1. The van der Waals surface area contributed by atoms with Gasteiger partial charge in [0, 0.05) is 38.1 Å². The second-order valence-corrected chi connectivity index (χ2v) is 9.15. The van der Waals surface area contributed by atoms with Gasteiger partial charge in [0.1, 0.15) is 0 Å². The van der Waals surface area contributed by atoms with Gasteiger partial charge in [0.2, 0.25) is 0 Å². The molecule has 8 nitrogen and oxygen atoms in total. The van der Waals surface area contributed by atoms with E-state index < -0.39 is 15.9 Å². The molecule has 136 valence electrons. The lowest BCUT2D eigenvalue weighted by Crippen LogP contribution is -2.46. The molecule has 0 aliphatic carbocycles. The van der Waals surface area contributed by atoms with Gasteiger partial charge in [-0.15, -0.1) is 0 Å². The van der Waals surface area contributed by atoms with E-state index >= 15 is 0 Å². The van der Waals surface area contributed by atoms with Gasteiger partial charge in [0.15, 0.2) is 9.84 Å². The Balaban J connectivity index is 1.87. The third-order valence-electron chi connectivity index (χ3n) is 4.23. The summed E-state index contributed by atoms with van der Waals surface area (Å²) in [6, 6.07) is -0.520. The van der Waals surface area contributed by atoms with Crippen molar-refractivity contribution in [1.82, 2.24) is 24.5 Å². The summed E-state index contributed by atoms with van der Waals surface area (Å²) in [6.07, 6.45) is 6.65. The number of hydrogen-bond acceptors (Lipinski definition) is 5. The van der Waals surface area contributed by atoms with Gasteiger partial charge in [-0.1, -0.05) is 13.8 Å². The average molecular weight is 365 g/mol. The predicted molar refractivity (Wildman–Crippen MR) is 92.7 cm³/mol. The molecule has 25 heavy (non-hydrogen) atoms. The third-order valence-corrected chi connectivity index (χ3v) is 5.86. The number of carbonyl (C=O) groups is 1. The first-order valence-electron chi connectivity index (χ1n) is 8.27. The van der Waals surface area contributed by atoms with Crippen molar-refractivity contribution in [2.75, 3.05) is 18.1 Å². The van der Waals surface area contributed by atoms with Crippen LogP contribution in [0.1, 0.15) is 35.8 Å². The molecule has 2 aromatic rings. The molecule has 1 fully saturated rings. The van der Waals surface area contributed by atoms with Gasteiger partial charge in [0.25, 0.3) is 5.91 Å². The molecule has 0 radical (unpaired) electrons. The fourth-order valence-electron chi connectivity index (χ4n) is 3.05. The zero-order valence-electron chi connectivity index (χ0n) is 14.7. The maximum Gasteiger partial charge on any atom is 0.257 e. The Kier molecular flexibility index (Phi) is 4.68. The van der Waals surface area contributed by atoms with E-state index in [4.69, 9.17) is 0 Å². The maximum absolute atomic E-state index is 13.0. The highest BCUT2D eigenvalue weighted by molar-refractivity contribution is 7.91. The van der Waals surface area contributed by atoms with Gasteiger partial charge >= 0.3 is 0 Å². The molecule has 1 aliphatic heterocycles. The van der Waals surface area contributed by atoms with Gasteiger partial charge < -0.3 is 4.90 Å². The molecule has 0 spiro atoms. The molecule has 1 atom stereocenters. The summed E-state index contributed by atoms with van der Waals surface area (Å²) in [4.78, 5) is 14.6. The van der Waals surface area contributed by atoms with Crippen LogP contribution in [0.3, 0.4) is 0 Å². The Hall–Kier alpha value is -2.16. The van der Waals surface area contributed by atoms with Crippen LogP contribution in [0.25, 0.3) is 0 Å². The van der Waals surface area contributed by atoms with Crippen molar-refractivity contribution in [2.45, 2.75) is 26.4 Å². The van der Waals surface area contributed by atoms with Crippen molar-refractivity contribution in [2.24, 2.45) is 13.0 Å². The second-order valence-electron chi connectivity index (χ2n) is 6.92. The quantitative estimate of drug-likeness (QED) is 0.802. The normalized spacial score (nSPS) is 20.2. The zero-order chi connectivity index (χ0) is 18.2. The van der Waals surface area contributed by atoms with E-state index in [9.17, 15) is 13.2 Å². The van der Waals surface area contributed by atoms with Gasteiger partial charge in [-0.25, -0.2) is 8.42 Å². The molecule has 2 aromatic heterocycles. The first-order chi connectivity index (χ1) is 11.7. The number of rotatable bonds is 4. The van der Waals surface area contributed by atoms with Crippen LogP contribution in [0.15, 0.2) is 24.8 Å². The molecule has 0 bridgehead atoms. The van der Waals surface area contributed by atoms with Crippen LogP contribution < -0.4 is 0 Å². The Morgan fingerprint density at radius 3 is 2.68 bits per heavy atom. The van der Waals surface area contributed by atoms with Crippen molar-refractivity contribution in [3.63, 3.8) is 0 Å². The third kappa shape index (κ3) is 3.92. The Labute approximate surface area is 147 Å². The molecule has 0 saturated carbocycles. The fourth-order valence-corrected chi connectivity index (χ4v) is 4.55. The smallest absolute Gasteiger partial charge is 0.257 e. The van der Waals surface area contributed by atoms with Crippen LogP contribution in [0.4, 0.5) is 0 Å². The van der Waals surface area contributed by atoms with E-state index in [-0.39, 0.29) is 24.0 Å². The molecule has 3 rings (SSSR count). The number of aryl methyl sites for hydroxylation is 1. The summed E-state index contributed by atoms with van der Waals surface area (Å²) in [5.41, 5.74) is 1.21. The number of hydrogen-bond donors (Lipinski definition) is 0. The summed E-state index contributed by atoms with van der Waals surface area (Å²) in [5.74, 6) is 0.130.